The van der Waals surface area contributed by atoms with Crippen molar-refractivity contribution in [2.24, 2.45) is 0 Å². The number of rotatable bonds is 5. The van der Waals surface area contributed by atoms with Gasteiger partial charge in [0.2, 0.25) is 0 Å². The second-order valence-electron chi connectivity index (χ2n) is 4.42. The molecule has 1 atom stereocenters. The maximum atomic E-state index is 3.49. The summed E-state index contributed by atoms with van der Waals surface area (Å²) in [4.78, 5) is 0. The van der Waals surface area contributed by atoms with Crippen molar-refractivity contribution in [1.29, 1.82) is 0 Å². The smallest absolute Gasteiger partial charge is 0.0175 e. The summed E-state index contributed by atoms with van der Waals surface area (Å²) in [6.07, 6.45) is 3.29. The highest BCUT2D eigenvalue weighted by Crippen LogP contribution is 2.11. The van der Waals surface area contributed by atoms with Crippen molar-refractivity contribution in [2.45, 2.75) is 33.2 Å². The summed E-state index contributed by atoms with van der Waals surface area (Å²) in [6, 6.07) is 9.04. The monoisotopic (exact) mass is 281 g/mol. The Morgan fingerprint density at radius 1 is 1.31 bits per heavy atom. The van der Waals surface area contributed by atoms with Gasteiger partial charge in [0, 0.05) is 17.1 Å². The lowest BCUT2D eigenvalue weighted by molar-refractivity contribution is 0.580. The van der Waals surface area contributed by atoms with Crippen LogP contribution in [0.3, 0.4) is 0 Å². The first-order valence-corrected chi connectivity index (χ1v) is 6.48. The minimum absolute atomic E-state index is 0.511. The second kappa shape index (κ2) is 6.87. The Morgan fingerprint density at radius 3 is 2.50 bits per heavy atom. The maximum Gasteiger partial charge on any atom is 0.0175 e. The Labute approximate surface area is 107 Å². The van der Waals surface area contributed by atoms with E-state index in [2.05, 4.69) is 72.4 Å². The van der Waals surface area contributed by atoms with Crippen LogP contribution in [0.5, 0.6) is 0 Å². The summed E-state index contributed by atoms with van der Waals surface area (Å²) in [6.45, 7) is 7.43. The molecule has 16 heavy (non-hydrogen) atoms. The number of halogens is 1. The highest BCUT2D eigenvalue weighted by molar-refractivity contribution is 9.10. The standard InChI is InChI=1S/C14H20BrN/c1-11(2)8-9-16-12(3)10-13-4-6-14(15)7-5-13/h4-8,12,16H,9-10H2,1-3H3. The van der Waals surface area contributed by atoms with Gasteiger partial charge in [-0.2, -0.15) is 0 Å². The first-order valence-electron chi connectivity index (χ1n) is 5.69. The summed E-state index contributed by atoms with van der Waals surface area (Å²) in [5, 5.41) is 3.49. The number of hydrogen-bond donors (Lipinski definition) is 1. The maximum absolute atomic E-state index is 3.49. The van der Waals surface area contributed by atoms with E-state index in [9.17, 15) is 0 Å². The van der Waals surface area contributed by atoms with Crippen LogP contribution in [0.25, 0.3) is 0 Å². The van der Waals surface area contributed by atoms with Gasteiger partial charge in [0.05, 0.1) is 0 Å². The van der Waals surface area contributed by atoms with Gasteiger partial charge in [0.1, 0.15) is 0 Å². The van der Waals surface area contributed by atoms with E-state index in [1.807, 2.05) is 0 Å². The zero-order valence-electron chi connectivity index (χ0n) is 10.3. The molecule has 0 amide bonds. The van der Waals surface area contributed by atoms with Gasteiger partial charge >= 0.3 is 0 Å². The van der Waals surface area contributed by atoms with Crippen LogP contribution in [0.4, 0.5) is 0 Å². The van der Waals surface area contributed by atoms with E-state index in [1.54, 1.807) is 0 Å². The van der Waals surface area contributed by atoms with Gasteiger partial charge < -0.3 is 5.32 Å². The predicted octanol–water partition coefficient (Wildman–Crippen LogP) is 3.94. The van der Waals surface area contributed by atoms with E-state index in [0.717, 1.165) is 17.4 Å². The first-order chi connectivity index (χ1) is 7.58. The van der Waals surface area contributed by atoms with Gasteiger partial charge in [-0.05, 0) is 44.9 Å². The Morgan fingerprint density at radius 2 is 1.94 bits per heavy atom. The lowest BCUT2D eigenvalue weighted by Gasteiger charge is -2.12. The van der Waals surface area contributed by atoms with Crippen LogP contribution in [-0.2, 0) is 6.42 Å². The van der Waals surface area contributed by atoms with Crippen LogP contribution in [0.15, 0.2) is 40.4 Å². The van der Waals surface area contributed by atoms with Crippen molar-refractivity contribution >= 4 is 15.9 Å². The quantitative estimate of drug-likeness (QED) is 0.807. The third kappa shape index (κ3) is 5.47. The molecule has 1 unspecified atom stereocenters. The van der Waals surface area contributed by atoms with E-state index in [0.29, 0.717) is 6.04 Å². The minimum atomic E-state index is 0.511. The van der Waals surface area contributed by atoms with E-state index >= 15 is 0 Å². The molecule has 88 valence electrons. The molecule has 0 saturated heterocycles. The normalized spacial score (nSPS) is 12.2. The van der Waals surface area contributed by atoms with E-state index < -0.39 is 0 Å². The lowest BCUT2D eigenvalue weighted by atomic mass is 10.1. The fourth-order valence-electron chi connectivity index (χ4n) is 1.51. The molecule has 1 aromatic carbocycles. The topological polar surface area (TPSA) is 12.0 Å². The molecule has 0 aliphatic rings. The molecular formula is C14H20BrN. The average Bonchev–Trinajstić information content (AvgIpc) is 2.21. The summed E-state index contributed by atoms with van der Waals surface area (Å²) in [5.41, 5.74) is 2.74. The number of hydrogen-bond acceptors (Lipinski definition) is 1. The molecule has 0 aliphatic carbocycles. The van der Waals surface area contributed by atoms with E-state index in [-0.39, 0.29) is 0 Å². The van der Waals surface area contributed by atoms with Crippen LogP contribution < -0.4 is 5.32 Å². The molecule has 1 rings (SSSR count). The largest absolute Gasteiger partial charge is 0.310 e. The minimum Gasteiger partial charge on any atom is -0.310 e. The van der Waals surface area contributed by atoms with Crippen molar-refractivity contribution in [1.82, 2.24) is 5.32 Å². The molecule has 1 N–H and O–H groups in total. The predicted molar refractivity (Wildman–Crippen MR) is 74.7 cm³/mol. The van der Waals surface area contributed by atoms with Gasteiger partial charge in [-0.25, -0.2) is 0 Å². The van der Waals surface area contributed by atoms with Crippen molar-refractivity contribution in [3.63, 3.8) is 0 Å². The molecule has 1 aromatic rings. The van der Waals surface area contributed by atoms with Crippen molar-refractivity contribution in [2.75, 3.05) is 6.54 Å². The Hall–Kier alpha value is -0.600. The van der Waals surface area contributed by atoms with Crippen molar-refractivity contribution in [3.8, 4) is 0 Å². The number of benzene rings is 1. The summed E-state index contributed by atoms with van der Waals surface area (Å²) >= 11 is 3.45. The molecule has 2 heteroatoms. The van der Waals surface area contributed by atoms with E-state index in [1.165, 1.54) is 11.1 Å². The molecule has 0 radical (unpaired) electrons. The third-order valence-corrected chi connectivity index (χ3v) is 2.96. The molecule has 0 aliphatic heterocycles. The summed E-state index contributed by atoms with van der Waals surface area (Å²) in [7, 11) is 0. The lowest BCUT2D eigenvalue weighted by Crippen LogP contribution is -2.28. The van der Waals surface area contributed by atoms with Crippen LogP contribution >= 0.6 is 15.9 Å². The van der Waals surface area contributed by atoms with Crippen LogP contribution in [0.2, 0.25) is 0 Å². The second-order valence-corrected chi connectivity index (χ2v) is 5.34. The molecule has 0 spiro atoms. The number of nitrogens with one attached hydrogen (secondary N) is 1. The van der Waals surface area contributed by atoms with Gasteiger partial charge in [0.25, 0.3) is 0 Å². The Kier molecular flexibility index (Phi) is 5.78. The molecule has 0 saturated carbocycles. The SMILES string of the molecule is CC(C)=CCNC(C)Cc1ccc(Br)cc1. The van der Waals surface area contributed by atoms with Gasteiger partial charge in [-0.3, -0.25) is 0 Å². The highest BCUT2D eigenvalue weighted by atomic mass is 79.9. The summed E-state index contributed by atoms with van der Waals surface area (Å²) in [5.74, 6) is 0. The van der Waals surface area contributed by atoms with Crippen LogP contribution in [0.1, 0.15) is 26.3 Å². The fraction of sp³-hybridized carbons (Fsp3) is 0.429. The van der Waals surface area contributed by atoms with Gasteiger partial charge in [-0.1, -0.05) is 39.7 Å². The van der Waals surface area contributed by atoms with Crippen molar-refractivity contribution in [3.05, 3.63) is 46.0 Å². The zero-order chi connectivity index (χ0) is 12.0. The number of allylic oxidation sites excluding steroid dienone is 1. The molecule has 0 aromatic heterocycles. The average molecular weight is 282 g/mol. The van der Waals surface area contributed by atoms with Crippen LogP contribution in [0, 0.1) is 0 Å². The van der Waals surface area contributed by atoms with Crippen LogP contribution in [-0.4, -0.2) is 12.6 Å². The molecular weight excluding hydrogens is 262 g/mol. The molecule has 0 heterocycles. The highest BCUT2D eigenvalue weighted by Gasteiger charge is 2.01. The Balaban J connectivity index is 2.36. The van der Waals surface area contributed by atoms with E-state index in [4.69, 9.17) is 0 Å². The third-order valence-electron chi connectivity index (χ3n) is 2.43. The van der Waals surface area contributed by atoms with Gasteiger partial charge in [-0.15, -0.1) is 0 Å². The first kappa shape index (κ1) is 13.5. The van der Waals surface area contributed by atoms with Gasteiger partial charge in [0.15, 0.2) is 0 Å². The molecule has 0 fully saturated rings. The molecule has 0 bridgehead atoms. The zero-order valence-corrected chi connectivity index (χ0v) is 11.8. The summed E-state index contributed by atoms with van der Waals surface area (Å²) < 4.78 is 1.14. The fourth-order valence-corrected chi connectivity index (χ4v) is 1.77. The Bertz CT molecular complexity index is 336. The van der Waals surface area contributed by atoms with Crippen molar-refractivity contribution < 1.29 is 0 Å². The molecule has 1 nitrogen and oxygen atoms in total.